The predicted molar refractivity (Wildman–Crippen MR) is 69.2 cm³/mol. The first kappa shape index (κ1) is 16.4. The lowest BCUT2D eigenvalue weighted by Crippen LogP contribution is -2.54. The van der Waals surface area contributed by atoms with Crippen LogP contribution < -0.4 is 5.11 Å². The van der Waals surface area contributed by atoms with Crippen LogP contribution in [0.15, 0.2) is 0 Å². The molecule has 0 aromatic carbocycles. The van der Waals surface area contributed by atoms with Crippen molar-refractivity contribution in [2.24, 2.45) is 16.7 Å². The molecule has 0 rings (SSSR count). The molecular formula is C14H29NO2. The zero-order chi connectivity index (χ0) is 14.1. The molecule has 0 aliphatic rings. The maximum absolute atomic E-state index is 11.3. The smallest absolute Gasteiger partial charge is 0.0869 e. The molecule has 102 valence electrons. The second-order valence-electron chi connectivity index (χ2n) is 8.07. The summed E-state index contributed by atoms with van der Waals surface area (Å²) in [6.07, 6.45) is 0. The van der Waals surface area contributed by atoms with Crippen LogP contribution >= 0.6 is 0 Å². The Balaban J connectivity index is 4.83. The third kappa shape index (κ3) is 6.67. The number of rotatable bonds is 4. The van der Waals surface area contributed by atoms with Gasteiger partial charge >= 0.3 is 0 Å². The van der Waals surface area contributed by atoms with Crippen LogP contribution in [0.4, 0.5) is 0 Å². The summed E-state index contributed by atoms with van der Waals surface area (Å²) in [6, 6.07) is 0. The van der Waals surface area contributed by atoms with E-state index in [1.54, 1.807) is 0 Å². The van der Waals surface area contributed by atoms with Crippen LogP contribution in [0.2, 0.25) is 0 Å². The second kappa shape index (κ2) is 4.97. The van der Waals surface area contributed by atoms with Crippen molar-refractivity contribution in [1.29, 1.82) is 0 Å². The van der Waals surface area contributed by atoms with Crippen LogP contribution in [0.3, 0.4) is 0 Å². The molecule has 1 unspecified atom stereocenters. The van der Waals surface area contributed by atoms with Gasteiger partial charge in [-0.3, -0.25) is 0 Å². The summed E-state index contributed by atoms with van der Waals surface area (Å²) < 4.78 is 0.708. The van der Waals surface area contributed by atoms with Gasteiger partial charge in [0.1, 0.15) is 0 Å². The molecule has 0 aromatic heterocycles. The monoisotopic (exact) mass is 243 g/mol. The van der Waals surface area contributed by atoms with Gasteiger partial charge in [-0.2, -0.15) is 0 Å². The molecule has 0 saturated carbocycles. The van der Waals surface area contributed by atoms with E-state index in [1.165, 1.54) is 0 Å². The van der Waals surface area contributed by atoms with Gasteiger partial charge in [-0.05, 0) is 5.41 Å². The molecule has 0 heterocycles. The molecule has 1 atom stereocenters. The maximum Gasteiger partial charge on any atom is 0.0869 e. The van der Waals surface area contributed by atoms with Gasteiger partial charge in [-0.25, -0.2) is 0 Å². The maximum atomic E-state index is 11.3. The number of carbonyl (C=O) groups is 1. The average molecular weight is 243 g/mol. The van der Waals surface area contributed by atoms with E-state index in [4.69, 9.17) is 0 Å². The first-order valence-electron chi connectivity index (χ1n) is 6.27. The van der Waals surface area contributed by atoms with Gasteiger partial charge in [-0.1, -0.05) is 41.5 Å². The molecule has 0 saturated heterocycles. The Labute approximate surface area is 106 Å². The van der Waals surface area contributed by atoms with Crippen LogP contribution in [0.5, 0.6) is 0 Å². The summed E-state index contributed by atoms with van der Waals surface area (Å²) in [5.41, 5.74) is -0.0654. The highest BCUT2D eigenvalue weighted by atomic mass is 16.4. The molecule has 0 fully saturated rings. The predicted octanol–water partition coefficient (Wildman–Crippen LogP) is 1.52. The lowest BCUT2D eigenvalue weighted by Gasteiger charge is -2.42. The average Bonchev–Trinajstić information content (AvgIpc) is 1.92. The Morgan fingerprint density at radius 3 is 1.76 bits per heavy atom. The Bertz CT molecular complexity index is 269. The van der Waals surface area contributed by atoms with Crippen molar-refractivity contribution in [3.63, 3.8) is 0 Å². The minimum Gasteiger partial charge on any atom is -0.550 e. The lowest BCUT2D eigenvalue weighted by molar-refractivity contribution is -0.899. The van der Waals surface area contributed by atoms with Gasteiger partial charge in [0, 0.05) is 5.41 Å². The fraction of sp³-hybridized carbons (Fsp3) is 0.929. The van der Waals surface area contributed by atoms with Crippen molar-refractivity contribution in [3.05, 3.63) is 0 Å². The molecular weight excluding hydrogens is 214 g/mol. The molecule has 17 heavy (non-hydrogen) atoms. The molecule has 0 amide bonds. The molecule has 3 nitrogen and oxygen atoms in total. The summed E-state index contributed by atoms with van der Waals surface area (Å²) in [6.45, 7) is 14.0. The van der Waals surface area contributed by atoms with Gasteiger partial charge in [0.2, 0.25) is 0 Å². The van der Waals surface area contributed by atoms with E-state index in [9.17, 15) is 9.90 Å². The van der Waals surface area contributed by atoms with Gasteiger partial charge in [0.05, 0.1) is 39.1 Å². The number of hydrogen-bond donors (Lipinski definition) is 0. The number of aliphatic carboxylic acids is 1. The highest BCUT2D eigenvalue weighted by Crippen LogP contribution is 2.29. The molecule has 0 bridgehead atoms. The van der Waals surface area contributed by atoms with Crippen molar-refractivity contribution in [2.75, 3.05) is 27.2 Å². The molecule has 0 radical (unpaired) electrons. The number of hydrogen-bond acceptors (Lipinski definition) is 2. The first-order chi connectivity index (χ1) is 7.25. The normalized spacial score (nSPS) is 15.8. The number of nitrogens with zero attached hydrogens (tertiary/aromatic N) is 1. The van der Waals surface area contributed by atoms with Crippen molar-refractivity contribution in [1.82, 2.24) is 0 Å². The zero-order valence-electron chi connectivity index (χ0n) is 12.8. The summed E-state index contributed by atoms with van der Waals surface area (Å²) in [5.74, 6) is -1.35. The Morgan fingerprint density at radius 1 is 1.12 bits per heavy atom. The van der Waals surface area contributed by atoms with E-state index in [-0.39, 0.29) is 10.8 Å². The number of carboxylic acid groups (broad SMARTS) is 1. The highest BCUT2D eigenvalue weighted by Gasteiger charge is 2.34. The van der Waals surface area contributed by atoms with Gasteiger partial charge in [-0.15, -0.1) is 0 Å². The van der Waals surface area contributed by atoms with Gasteiger partial charge < -0.3 is 14.4 Å². The molecule has 0 spiro atoms. The van der Waals surface area contributed by atoms with Gasteiger partial charge in [0.15, 0.2) is 0 Å². The van der Waals surface area contributed by atoms with Crippen molar-refractivity contribution >= 4 is 5.97 Å². The lowest BCUT2D eigenvalue weighted by atomic mass is 9.79. The molecule has 0 aliphatic carbocycles. The van der Waals surface area contributed by atoms with E-state index in [2.05, 4.69) is 34.9 Å². The van der Waals surface area contributed by atoms with Crippen molar-refractivity contribution in [3.8, 4) is 0 Å². The van der Waals surface area contributed by atoms with E-state index < -0.39 is 11.9 Å². The van der Waals surface area contributed by atoms with Crippen LogP contribution in [0.1, 0.15) is 41.5 Å². The Hall–Kier alpha value is -0.570. The van der Waals surface area contributed by atoms with Crippen LogP contribution in [0.25, 0.3) is 0 Å². The summed E-state index contributed by atoms with van der Waals surface area (Å²) >= 11 is 0. The van der Waals surface area contributed by atoms with E-state index in [0.717, 1.165) is 6.54 Å². The van der Waals surface area contributed by atoms with E-state index in [1.807, 2.05) is 20.8 Å². The number of quaternary nitrogens is 1. The van der Waals surface area contributed by atoms with Crippen LogP contribution in [0, 0.1) is 16.7 Å². The molecule has 0 aromatic rings. The Kier molecular flexibility index (Phi) is 4.80. The summed E-state index contributed by atoms with van der Waals surface area (Å²) in [4.78, 5) is 11.3. The third-order valence-electron chi connectivity index (χ3n) is 2.91. The molecule has 0 aliphatic heterocycles. The fourth-order valence-corrected chi connectivity index (χ4v) is 2.54. The minimum absolute atomic E-state index is 0.192. The fourth-order valence-electron chi connectivity index (χ4n) is 2.54. The molecule has 3 heteroatoms. The number of carbonyl (C=O) groups excluding carboxylic acids is 1. The van der Waals surface area contributed by atoms with E-state index >= 15 is 0 Å². The Morgan fingerprint density at radius 2 is 1.53 bits per heavy atom. The zero-order valence-corrected chi connectivity index (χ0v) is 12.8. The second-order valence-corrected chi connectivity index (χ2v) is 8.07. The minimum atomic E-state index is -0.933. The van der Waals surface area contributed by atoms with Crippen molar-refractivity contribution < 1.29 is 14.4 Å². The summed E-state index contributed by atoms with van der Waals surface area (Å²) in [5, 5.41) is 11.3. The SMILES string of the molecule is CC(C)(C)C[N+](C)(C)CC(C(=O)[O-])C(C)(C)C. The quantitative estimate of drug-likeness (QED) is 0.702. The van der Waals surface area contributed by atoms with Crippen LogP contribution in [-0.2, 0) is 4.79 Å². The number of carboxylic acids is 1. The first-order valence-corrected chi connectivity index (χ1v) is 6.27. The van der Waals surface area contributed by atoms with Gasteiger partial charge in [0.25, 0.3) is 0 Å². The standard InChI is InChI=1S/C14H29NO2/c1-13(2,3)10-15(7,8)9-11(12(16)17)14(4,5)6/h11H,9-10H2,1-8H3. The highest BCUT2D eigenvalue weighted by molar-refractivity contribution is 5.68. The topological polar surface area (TPSA) is 40.1 Å². The van der Waals surface area contributed by atoms with Crippen LogP contribution in [-0.4, -0.2) is 37.6 Å². The summed E-state index contributed by atoms with van der Waals surface area (Å²) in [7, 11) is 4.18. The van der Waals surface area contributed by atoms with Crippen molar-refractivity contribution in [2.45, 2.75) is 41.5 Å². The van der Waals surface area contributed by atoms with E-state index in [0.29, 0.717) is 11.0 Å². The third-order valence-corrected chi connectivity index (χ3v) is 2.91. The molecule has 0 N–H and O–H groups in total. The largest absolute Gasteiger partial charge is 0.550 e.